The quantitative estimate of drug-likeness (QED) is 0.157. The van der Waals surface area contributed by atoms with Gasteiger partial charge in [0.1, 0.15) is 11.2 Å². The van der Waals surface area contributed by atoms with Gasteiger partial charge in [0.2, 0.25) is 0 Å². The molecule has 0 spiro atoms. The lowest BCUT2D eigenvalue weighted by molar-refractivity contribution is 0.673. The smallest absolute Gasteiger partial charge is 0.143 e. The van der Waals surface area contributed by atoms with E-state index in [0.29, 0.717) is 0 Å². The first-order valence-corrected chi connectivity index (χ1v) is 20.3. The van der Waals surface area contributed by atoms with Crippen LogP contribution >= 0.6 is 0 Å². The first-order chi connectivity index (χ1) is 29.3. The van der Waals surface area contributed by atoms with Crippen molar-refractivity contribution >= 4 is 60.5 Å². The number of anilines is 3. The molecular formula is C57H37NO. The highest BCUT2D eigenvalue weighted by atomic mass is 16.3. The molecule has 0 N–H and O–H groups in total. The third-order valence-electron chi connectivity index (χ3n) is 12.5. The molecular weight excluding hydrogens is 715 g/mol. The van der Waals surface area contributed by atoms with Crippen LogP contribution in [-0.4, -0.2) is 0 Å². The van der Waals surface area contributed by atoms with Crippen LogP contribution in [0.25, 0.3) is 65.7 Å². The average molecular weight is 752 g/mol. The minimum Gasteiger partial charge on any atom is -0.455 e. The highest BCUT2D eigenvalue weighted by Crippen LogP contribution is 2.56. The molecule has 0 saturated carbocycles. The summed E-state index contributed by atoms with van der Waals surface area (Å²) >= 11 is 0. The molecule has 0 unspecified atom stereocenters. The summed E-state index contributed by atoms with van der Waals surface area (Å²) in [5.41, 5.74) is 14.8. The standard InChI is InChI=1S/C57H37NO/c1-3-16-40(17-4-1)57(52-24-12-9-21-46(52)47-22-10-13-25-53(47)57)41-29-33-44(34-30-41)58(42-18-5-2-6-19-42)43-31-27-38(28-32-43)51-37-39-15-7-8-20-45(39)55-49(51)35-36-50-48-23-11-14-26-54(48)59-56(50)55/h1-37H. The first-order valence-electron chi connectivity index (χ1n) is 20.3. The van der Waals surface area contributed by atoms with E-state index >= 15 is 0 Å². The predicted molar refractivity (Wildman–Crippen MR) is 246 cm³/mol. The Bertz CT molecular complexity index is 3320. The number of rotatable bonds is 6. The summed E-state index contributed by atoms with van der Waals surface area (Å²) < 4.78 is 6.61. The molecule has 11 aromatic rings. The molecule has 0 bridgehead atoms. The maximum absolute atomic E-state index is 6.61. The molecule has 0 fully saturated rings. The Kier molecular flexibility index (Phi) is 7.48. The molecule has 1 heterocycles. The third kappa shape index (κ3) is 5.00. The monoisotopic (exact) mass is 751 g/mol. The minimum atomic E-state index is -0.442. The number of nitrogens with zero attached hydrogens (tertiary/aromatic N) is 1. The van der Waals surface area contributed by atoms with Gasteiger partial charge in [-0.05, 0) is 115 Å². The highest BCUT2D eigenvalue weighted by Gasteiger charge is 2.45. The normalized spacial score (nSPS) is 12.9. The van der Waals surface area contributed by atoms with Crippen molar-refractivity contribution in [2.75, 3.05) is 4.90 Å². The molecule has 0 radical (unpaired) electrons. The summed E-state index contributed by atoms with van der Waals surface area (Å²) in [5, 5.41) is 7.02. The second kappa shape index (κ2) is 13.2. The fraction of sp³-hybridized carbons (Fsp3) is 0.0175. The van der Waals surface area contributed by atoms with Gasteiger partial charge in [0.25, 0.3) is 0 Å². The first kappa shape index (κ1) is 33.5. The lowest BCUT2D eigenvalue weighted by atomic mass is 9.68. The van der Waals surface area contributed by atoms with Gasteiger partial charge < -0.3 is 9.32 Å². The van der Waals surface area contributed by atoms with Gasteiger partial charge in [-0.1, -0.05) is 170 Å². The number of hydrogen-bond donors (Lipinski definition) is 0. The average Bonchev–Trinajstić information content (AvgIpc) is 3.84. The van der Waals surface area contributed by atoms with Gasteiger partial charge in [-0.3, -0.25) is 0 Å². The van der Waals surface area contributed by atoms with Gasteiger partial charge >= 0.3 is 0 Å². The van der Waals surface area contributed by atoms with E-state index in [1.165, 1.54) is 55.1 Å². The number of para-hydroxylation sites is 2. The lowest BCUT2D eigenvalue weighted by Gasteiger charge is -2.34. The minimum absolute atomic E-state index is 0.442. The third-order valence-corrected chi connectivity index (χ3v) is 12.5. The van der Waals surface area contributed by atoms with Crippen LogP contribution in [0.1, 0.15) is 22.3 Å². The summed E-state index contributed by atoms with van der Waals surface area (Å²) in [6.45, 7) is 0. The van der Waals surface area contributed by atoms with Crippen LogP contribution in [0.4, 0.5) is 17.1 Å². The van der Waals surface area contributed by atoms with Crippen LogP contribution in [0.15, 0.2) is 229 Å². The van der Waals surface area contributed by atoms with Gasteiger partial charge in [0.15, 0.2) is 0 Å². The molecule has 0 atom stereocenters. The van der Waals surface area contributed by atoms with Crippen LogP contribution < -0.4 is 4.90 Å². The maximum Gasteiger partial charge on any atom is 0.143 e. The summed E-state index contributed by atoms with van der Waals surface area (Å²) in [4.78, 5) is 2.36. The Balaban J connectivity index is 0.993. The van der Waals surface area contributed by atoms with Crippen molar-refractivity contribution in [2.45, 2.75) is 5.41 Å². The number of furan rings is 1. The topological polar surface area (TPSA) is 16.4 Å². The van der Waals surface area contributed by atoms with Gasteiger partial charge in [0, 0.05) is 33.2 Å². The maximum atomic E-state index is 6.61. The van der Waals surface area contributed by atoms with E-state index in [2.05, 4.69) is 223 Å². The highest BCUT2D eigenvalue weighted by molar-refractivity contribution is 6.26. The van der Waals surface area contributed by atoms with Crippen LogP contribution in [0.2, 0.25) is 0 Å². The number of hydrogen-bond acceptors (Lipinski definition) is 2. The molecule has 1 aliphatic carbocycles. The summed E-state index contributed by atoms with van der Waals surface area (Å²) in [6.07, 6.45) is 0. The molecule has 0 aliphatic heterocycles. The Morgan fingerprint density at radius 3 is 1.59 bits per heavy atom. The summed E-state index contributed by atoms with van der Waals surface area (Å²) in [5.74, 6) is 0. The molecule has 0 amide bonds. The van der Waals surface area contributed by atoms with E-state index in [1.807, 2.05) is 6.07 Å². The van der Waals surface area contributed by atoms with Crippen LogP contribution in [0, 0.1) is 0 Å². The molecule has 10 aromatic carbocycles. The SMILES string of the molecule is c1ccc(N(c2ccc(-c3cc4ccccc4c4c3ccc3c5ccccc5oc34)cc2)c2ccc(C3(c4ccccc4)c4ccccc4-c4ccccc43)cc2)cc1. The Hall–Kier alpha value is -7.68. The Labute approximate surface area is 342 Å². The second-order valence-corrected chi connectivity index (χ2v) is 15.6. The van der Waals surface area contributed by atoms with Crippen molar-refractivity contribution in [3.05, 3.63) is 247 Å². The van der Waals surface area contributed by atoms with Crippen LogP contribution in [0.5, 0.6) is 0 Å². The number of benzene rings is 10. The van der Waals surface area contributed by atoms with Gasteiger partial charge in [-0.25, -0.2) is 0 Å². The van der Waals surface area contributed by atoms with Gasteiger partial charge in [-0.2, -0.15) is 0 Å². The zero-order chi connectivity index (χ0) is 38.9. The molecule has 2 nitrogen and oxygen atoms in total. The van der Waals surface area contributed by atoms with Crippen molar-refractivity contribution < 1.29 is 4.42 Å². The van der Waals surface area contributed by atoms with E-state index < -0.39 is 5.41 Å². The lowest BCUT2D eigenvalue weighted by Crippen LogP contribution is -2.28. The molecule has 12 rings (SSSR count). The Morgan fingerprint density at radius 2 is 0.881 bits per heavy atom. The van der Waals surface area contributed by atoms with E-state index in [1.54, 1.807) is 0 Å². The van der Waals surface area contributed by atoms with Crippen molar-refractivity contribution in [1.82, 2.24) is 0 Å². The molecule has 0 saturated heterocycles. The Morgan fingerprint density at radius 1 is 0.356 bits per heavy atom. The van der Waals surface area contributed by atoms with E-state index in [9.17, 15) is 0 Å². The van der Waals surface area contributed by atoms with Crippen molar-refractivity contribution in [3.8, 4) is 22.3 Å². The van der Waals surface area contributed by atoms with Crippen LogP contribution in [-0.2, 0) is 5.41 Å². The zero-order valence-electron chi connectivity index (χ0n) is 32.2. The molecule has 2 heteroatoms. The molecule has 1 aliphatic rings. The number of fused-ring (bicyclic) bond motifs is 10. The fourth-order valence-electron chi connectivity index (χ4n) is 9.99. The molecule has 59 heavy (non-hydrogen) atoms. The molecule has 1 aromatic heterocycles. The molecule has 276 valence electrons. The zero-order valence-corrected chi connectivity index (χ0v) is 32.2. The van der Waals surface area contributed by atoms with Crippen molar-refractivity contribution in [3.63, 3.8) is 0 Å². The van der Waals surface area contributed by atoms with E-state index in [-0.39, 0.29) is 0 Å². The fourth-order valence-corrected chi connectivity index (χ4v) is 9.99. The van der Waals surface area contributed by atoms with Gasteiger partial charge in [0.05, 0.1) is 5.41 Å². The predicted octanol–water partition coefficient (Wildman–Crippen LogP) is 15.4. The van der Waals surface area contributed by atoms with E-state index in [4.69, 9.17) is 4.42 Å². The van der Waals surface area contributed by atoms with Crippen molar-refractivity contribution in [2.24, 2.45) is 0 Å². The van der Waals surface area contributed by atoms with Gasteiger partial charge in [-0.15, -0.1) is 0 Å². The second-order valence-electron chi connectivity index (χ2n) is 15.6. The largest absolute Gasteiger partial charge is 0.455 e. The summed E-state index contributed by atoms with van der Waals surface area (Å²) in [6, 6.07) is 81.6. The van der Waals surface area contributed by atoms with E-state index in [0.717, 1.165) is 50.0 Å². The summed E-state index contributed by atoms with van der Waals surface area (Å²) in [7, 11) is 0. The van der Waals surface area contributed by atoms with Crippen molar-refractivity contribution in [1.29, 1.82) is 0 Å². The van der Waals surface area contributed by atoms with Crippen LogP contribution in [0.3, 0.4) is 0 Å².